The molecule has 0 spiro atoms. The van der Waals surface area contributed by atoms with Crippen molar-refractivity contribution in [2.75, 3.05) is 26.2 Å². The van der Waals surface area contributed by atoms with Gasteiger partial charge in [-0.1, -0.05) is 48.0 Å². The second-order valence-electron chi connectivity index (χ2n) is 8.11. The smallest absolute Gasteiger partial charge is 0.244 e. The fourth-order valence-electron chi connectivity index (χ4n) is 4.45. The lowest BCUT2D eigenvalue weighted by Gasteiger charge is -2.39. The first kappa shape index (κ1) is 20.9. The van der Waals surface area contributed by atoms with Crippen LogP contribution in [0.1, 0.15) is 42.0 Å². The van der Waals surface area contributed by atoms with Crippen molar-refractivity contribution in [3.8, 4) is 0 Å². The zero-order chi connectivity index (χ0) is 20.9. The molecule has 1 atom stereocenters. The number of carbonyl (C=O) groups excluding carboxylic acids is 2. The molecule has 2 aromatic carbocycles. The molecule has 1 N–H and O–H groups in total. The number of benzene rings is 2. The van der Waals surface area contributed by atoms with Crippen LogP contribution in [0, 0.1) is 0 Å². The molecule has 158 valence electrons. The highest BCUT2D eigenvalue weighted by atomic mass is 35.5. The van der Waals surface area contributed by atoms with Crippen LogP contribution < -0.4 is 5.32 Å². The van der Waals surface area contributed by atoms with Crippen LogP contribution in [0.15, 0.2) is 48.5 Å². The first-order valence-corrected chi connectivity index (χ1v) is 11.1. The molecule has 30 heavy (non-hydrogen) atoms. The molecule has 5 nitrogen and oxygen atoms in total. The average Bonchev–Trinajstić information content (AvgIpc) is 2.78. The highest BCUT2D eigenvalue weighted by Gasteiger charge is 2.36. The Bertz CT molecular complexity index is 911. The van der Waals surface area contributed by atoms with E-state index in [2.05, 4.69) is 11.4 Å². The van der Waals surface area contributed by atoms with Crippen LogP contribution in [0.4, 0.5) is 0 Å². The molecule has 1 unspecified atom stereocenters. The summed E-state index contributed by atoms with van der Waals surface area (Å²) in [5.74, 6) is 0.0512. The van der Waals surface area contributed by atoms with E-state index in [4.69, 9.17) is 11.6 Å². The molecular weight excluding hydrogens is 398 g/mol. The van der Waals surface area contributed by atoms with Gasteiger partial charge >= 0.3 is 0 Å². The van der Waals surface area contributed by atoms with E-state index in [-0.39, 0.29) is 24.4 Å². The fourth-order valence-corrected chi connectivity index (χ4v) is 4.67. The molecule has 0 saturated carbocycles. The largest absolute Gasteiger partial charge is 0.351 e. The van der Waals surface area contributed by atoms with Crippen LogP contribution in [0.2, 0.25) is 5.02 Å². The molecule has 0 aromatic heterocycles. The number of fused-ring (bicyclic) bond motifs is 1. The van der Waals surface area contributed by atoms with Crippen LogP contribution in [0.3, 0.4) is 0 Å². The second-order valence-corrected chi connectivity index (χ2v) is 8.55. The number of nitrogens with zero attached hydrogens (tertiary/aromatic N) is 2. The lowest BCUT2D eigenvalue weighted by atomic mass is 9.91. The predicted molar refractivity (Wildman–Crippen MR) is 118 cm³/mol. The van der Waals surface area contributed by atoms with Crippen molar-refractivity contribution in [1.29, 1.82) is 0 Å². The number of hydrogen-bond acceptors (Lipinski definition) is 3. The van der Waals surface area contributed by atoms with Gasteiger partial charge in [-0.2, -0.15) is 0 Å². The van der Waals surface area contributed by atoms with Gasteiger partial charge in [-0.15, -0.1) is 0 Å². The average molecular weight is 426 g/mol. The molecule has 0 bridgehead atoms. The molecule has 2 aromatic rings. The molecule has 0 radical (unpaired) electrons. The minimum absolute atomic E-state index is 0.0780. The molecule has 1 saturated heterocycles. The van der Waals surface area contributed by atoms with Gasteiger partial charge in [0.1, 0.15) is 6.04 Å². The summed E-state index contributed by atoms with van der Waals surface area (Å²) in [5, 5.41) is 3.63. The van der Waals surface area contributed by atoms with Gasteiger partial charge in [0.15, 0.2) is 0 Å². The number of nitrogens with one attached hydrogen (secondary N) is 1. The number of carbonyl (C=O) groups is 2. The third kappa shape index (κ3) is 4.85. The number of rotatable bonds is 5. The molecule has 0 aliphatic carbocycles. The Morgan fingerprint density at radius 2 is 1.80 bits per heavy atom. The Hall–Kier alpha value is -2.37. The summed E-state index contributed by atoms with van der Waals surface area (Å²) in [5.41, 5.74) is 3.21. The van der Waals surface area contributed by atoms with Gasteiger partial charge in [0, 0.05) is 31.2 Å². The van der Waals surface area contributed by atoms with E-state index < -0.39 is 0 Å². The molecule has 2 amide bonds. The van der Waals surface area contributed by atoms with Gasteiger partial charge < -0.3 is 10.2 Å². The normalized spacial score (nSPS) is 19.2. The monoisotopic (exact) mass is 425 g/mol. The summed E-state index contributed by atoms with van der Waals surface area (Å²) in [6.07, 6.45) is 4.14. The summed E-state index contributed by atoms with van der Waals surface area (Å²) in [4.78, 5) is 30.2. The molecule has 2 aliphatic rings. The van der Waals surface area contributed by atoms with E-state index >= 15 is 0 Å². The van der Waals surface area contributed by atoms with E-state index in [9.17, 15) is 9.59 Å². The second kappa shape index (κ2) is 9.63. The summed E-state index contributed by atoms with van der Waals surface area (Å²) in [6, 6.07) is 15.2. The predicted octanol–water partition coefficient (Wildman–Crippen LogP) is 3.57. The van der Waals surface area contributed by atoms with Crippen molar-refractivity contribution in [3.63, 3.8) is 0 Å². The number of hydrogen-bond donors (Lipinski definition) is 1. The van der Waals surface area contributed by atoms with Gasteiger partial charge in [-0.3, -0.25) is 14.5 Å². The number of halogens is 1. The zero-order valence-corrected chi connectivity index (χ0v) is 17.9. The molecule has 2 aliphatic heterocycles. The van der Waals surface area contributed by atoms with Crippen LogP contribution in [-0.4, -0.2) is 47.8 Å². The van der Waals surface area contributed by atoms with Crippen molar-refractivity contribution in [1.82, 2.24) is 15.1 Å². The highest BCUT2D eigenvalue weighted by molar-refractivity contribution is 6.30. The van der Waals surface area contributed by atoms with Crippen LogP contribution >= 0.6 is 11.6 Å². The van der Waals surface area contributed by atoms with Crippen molar-refractivity contribution in [2.24, 2.45) is 0 Å². The van der Waals surface area contributed by atoms with Crippen LogP contribution in [-0.2, 0) is 22.6 Å². The van der Waals surface area contributed by atoms with Gasteiger partial charge in [0.25, 0.3) is 0 Å². The van der Waals surface area contributed by atoms with Crippen molar-refractivity contribution >= 4 is 23.4 Å². The Kier molecular flexibility index (Phi) is 6.70. The Labute approximate surface area is 183 Å². The third-order valence-electron chi connectivity index (χ3n) is 6.01. The maximum Gasteiger partial charge on any atom is 0.244 e. The van der Waals surface area contributed by atoms with Gasteiger partial charge in [-0.25, -0.2) is 0 Å². The van der Waals surface area contributed by atoms with Gasteiger partial charge in [0.2, 0.25) is 11.8 Å². The Balaban J connectivity index is 1.47. The van der Waals surface area contributed by atoms with Crippen molar-refractivity contribution < 1.29 is 9.59 Å². The molecule has 2 heterocycles. The molecule has 1 fully saturated rings. The van der Waals surface area contributed by atoms with Crippen molar-refractivity contribution in [2.45, 2.75) is 38.3 Å². The van der Waals surface area contributed by atoms with E-state index in [0.29, 0.717) is 18.1 Å². The van der Waals surface area contributed by atoms with Crippen LogP contribution in [0.25, 0.3) is 0 Å². The minimum Gasteiger partial charge on any atom is -0.351 e. The molecule has 6 heteroatoms. The van der Waals surface area contributed by atoms with Crippen LogP contribution in [0.5, 0.6) is 0 Å². The van der Waals surface area contributed by atoms with E-state index in [1.807, 2.05) is 52.3 Å². The first-order chi connectivity index (χ1) is 14.6. The summed E-state index contributed by atoms with van der Waals surface area (Å²) >= 11 is 6.03. The highest BCUT2D eigenvalue weighted by Crippen LogP contribution is 2.32. The zero-order valence-electron chi connectivity index (χ0n) is 17.1. The lowest BCUT2D eigenvalue weighted by molar-refractivity contribution is -0.139. The van der Waals surface area contributed by atoms with Gasteiger partial charge in [0.05, 0.1) is 6.54 Å². The van der Waals surface area contributed by atoms with E-state index in [1.165, 1.54) is 12.0 Å². The van der Waals surface area contributed by atoms with E-state index in [0.717, 1.165) is 43.5 Å². The first-order valence-electron chi connectivity index (χ1n) is 10.7. The Morgan fingerprint density at radius 1 is 1.00 bits per heavy atom. The Morgan fingerprint density at radius 3 is 2.60 bits per heavy atom. The van der Waals surface area contributed by atoms with Crippen molar-refractivity contribution in [3.05, 3.63) is 70.2 Å². The third-order valence-corrected chi connectivity index (χ3v) is 6.25. The maximum absolute atomic E-state index is 13.5. The fraction of sp³-hybridized carbons (Fsp3) is 0.417. The van der Waals surface area contributed by atoms with Gasteiger partial charge in [-0.05, 0) is 54.5 Å². The maximum atomic E-state index is 13.5. The lowest BCUT2D eigenvalue weighted by Crippen LogP contribution is -2.50. The quantitative estimate of drug-likeness (QED) is 0.796. The number of piperidine rings is 1. The standard InChI is InChI=1S/C24H28ClN3O2/c25-20-9-6-7-18(15-20)16-26-22(29)17-28-14-11-19-8-2-3-10-21(19)23(28)24(30)27-12-4-1-5-13-27/h2-3,6-10,15,23H,1,4-5,11-14,16-17H2,(H,26,29). The molecule has 4 rings (SSSR count). The molecular formula is C24H28ClN3O2. The van der Waals surface area contributed by atoms with E-state index in [1.54, 1.807) is 0 Å². The SMILES string of the molecule is O=C(CN1CCc2ccccc2C1C(=O)N1CCCCC1)NCc1cccc(Cl)c1. The number of likely N-dealkylation sites (tertiary alicyclic amines) is 1. The summed E-state index contributed by atoms with van der Waals surface area (Å²) in [7, 11) is 0. The number of amides is 2. The topological polar surface area (TPSA) is 52.7 Å². The summed E-state index contributed by atoms with van der Waals surface area (Å²) < 4.78 is 0. The minimum atomic E-state index is -0.384. The summed E-state index contributed by atoms with van der Waals surface area (Å²) in [6.45, 7) is 2.96.